The number of rotatable bonds is 1. The van der Waals surface area contributed by atoms with E-state index in [1.54, 1.807) is 6.92 Å². The van der Waals surface area contributed by atoms with Crippen LogP contribution in [0.5, 0.6) is 0 Å². The zero-order valence-corrected chi connectivity index (χ0v) is 9.71. The SMILES string of the molecule is CC1=[N+]([O-])C(c2ccccc2)N(O)C1(C)C. The molecule has 2 rings (SSSR count). The van der Waals surface area contributed by atoms with Gasteiger partial charge in [0.2, 0.25) is 0 Å². The first kappa shape index (κ1) is 11.1. The zero-order valence-electron chi connectivity index (χ0n) is 9.71. The monoisotopic (exact) mass is 220 g/mol. The average Bonchev–Trinajstić information content (AvgIpc) is 2.42. The van der Waals surface area contributed by atoms with Crippen LogP contribution in [0, 0.1) is 5.21 Å². The molecule has 0 bridgehead atoms. The molecule has 4 heteroatoms. The van der Waals surface area contributed by atoms with Crippen molar-refractivity contribution in [1.29, 1.82) is 0 Å². The molecule has 1 atom stereocenters. The third-order valence-electron chi connectivity index (χ3n) is 3.34. The van der Waals surface area contributed by atoms with Crippen molar-refractivity contribution in [2.45, 2.75) is 32.5 Å². The lowest BCUT2D eigenvalue weighted by Crippen LogP contribution is -2.42. The van der Waals surface area contributed by atoms with E-state index in [2.05, 4.69) is 0 Å². The van der Waals surface area contributed by atoms with Gasteiger partial charge in [-0.1, -0.05) is 30.3 Å². The smallest absolute Gasteiger partial charge is 0.267 e. The zero-order chi connectivity index (χ0) is 11.9. The van der Waals surface area contributed by atoms with Crippen molar-refractivity contribution in [2.24, 2.45) is 0 Å². The minimum Gasteiger partial charge on any atom is -0.622 e. The molecule has 1 heterocycles. The highest BCUT2D eigenvalue weighted by Gasteiger charge is 2.49. The summed E-state index contributed by atoms with van der Waals surface area (Å²) in [5, 5.41) is 23.2. The summed E-state index contributed by atoms with van der Waals surface area (Å²) < 4.78 is 0.870. The quantitative estimate of drug-likeness (QED) is 0.582. The third-order valence-corrected chi connectivity index (χ3v) is 3.34. The van der Waals surface area contributed by atoms with Crippen molar-refractivity contribution in [2.75, 3.05) is 0 Å². The molecular formula is C12H16N2O2. The van der Waals surface area contributed by atoms with E-state index < -0.39 is 11.7 Å². The van der Waals surface area contributed by atoms with E-state index >= 15 is 0 Å². The fourth-order valence-corrected chi connectivity index (χ4v) is 1.93. The number of benzene rings is 1. The Bertz CT molecular complexity index is 426. The maximum absolute atomic E-state index is 12.0. The molecular weight excluding hydrogens is 204 g/mol. The van der Waals surface area contributed by atoms with Crippen LogP contribution in [-0.4, -0.2) is 26.3 Å². The van der Waals surface area contributed by atoms with Gasteiger partial charge < -0.3 is 10.4 Å². The highest BCUT2D eigenvalue weighted by Crippen LogP contribution is 2.34. The second kappa shape index (κ2) is 3.57. The molecule has 0 radical (unpaired) electrons. The first-order valence-corrected chi connectivity index (χ1v) is 5.30. The van der Waals surface area contributed by atoms with Gasteiger partial charge in [0.15, 0.2) is 5.71 Å². The van der Waals surface area contributed by atoms with Crippen LogP contribution in [0.4, 0.5) is 0 Å². The Balaban J connectivity index is 2.46. The molecule has 0 saturated heterocycles. The molecule has 1 aromatic rings. The standard InChI is InChI=1S/C12H16N2O2/c1-9-12(2,3)14(16)11(13(9)15)10-7-5-4-6-8-10/h4-8,11,16H,1-3H3. The van der Waals surface area contributed by atoms with E-state index in [1.807, 2.05) is 44.2 Å². The second-order valence-electron chi connectivity index (χ2n) is 4.60. The van der Waals surface area contributed by atoms with Crippen molar-refractivity contribution in [1.82, 2.24) is 5.06 Å². The topological polar surface area (TPSA) is 49.5 Å². The molecule has 0 amide bonds. The van der Waals surface area contributed by atoms with Gasteiger partial charge >= 0.3 is 0 Å². The van der Waals surface area contributed by atoms with Crippen molar-refractivity contribution in [3.05, 3.63) is 41.1 Å². The number of hydrogen-bond acceptors (Lipinski definition) is 3. The fraction of sp³-hybridized carbons (Fsp3) is 0.417. The van der Waals surface area contributed by atoms with Gasteiger partial charge in [-0.3, -0.25) is 0 Å². The first-order valence-electron chi connectivity index (χ1n) is 5.30. The fourth-order valence-electron chi connectivity index (χ4n) is 1.93. The normalized spacial score (nSPS) is 25.1. The van der Waals surface area contributed by atoms with Gasteiger partial charge in [-0.05, 0) is 13.8 Å². The Morgan fingerprint density at radius 3 is 2.31 bits per heavy atom. The van der Waals surface area contributed by atoms with Crippen LogP contribution >= 0.6 is 0 Å². The molecule has 86 valence electrons. The molecule has 0 aromatic heterocycles. The molecule has 1 aromatic carbocycles. The van der Waals surface area contributed by atoms with Crippen LogP contribution in [0.25, 0.3) is 0 Å². The van der Waals surface area contributed by atoms with Crippen molar-refractivity contribution in [3.63, 3.8) is 0 Å². The number of hydrogen-bond donors (Lipinski definition) is 1. The maximum atomic E-state index is 12.0. The summed E-state index contributed by atoms with van der Waals surface area (Å²) in [5.74, 6) is 0. The van der Waals surface area contributed by atoms with E-state index in [-0.39, 0.29) is 0 Å². The van der Waals surface area contributed by atoms with Gasteiger partial charge in [-0.2, -0.15) is 4.74 Å². The summed E-state index contributed by atoms with van der Waals surface area (Å²) in [4.78, 5) is 0. The van der Waals surface area contributed by atoms with Crippen molar-refractivity contribution in [3.8, 4) is 0 Å². The molecule has 1 aliphatic rings. The number of hydroxylamine groups is 3. The molecule has 1 unspecified atom stereocenters. The molecule has 4 nitrogen and oxygen atoms in total. The molecule has 1 aliphatic heterocycles. The highest BCUT2D eigenvalue weighted by molar-refractivity contribution is 5.87. The van der Waals surface area contributed by atoms with Crippen LogP contribution in [0.2, 0.25) is 0 Å². The van der Waals surface area contributed by atoms with Gasteiger partial charge in [-0.15, -0.1) is 5.06 Å². The highest BCUT2D eigenvalue weighted by atomic mass is 16.5. The van der Waals surface area contributed by atoms with E-state index in [0.29, 0.717) is 5.71 Å². The molecule has 0 saturated carbocycles. The minimum absolute atomic E-state index is 0.615. The van der Waals surface area contributed by atoms with Gasteiger partial charge in [-0.25, -0.2) is 0 Å². The van der Waals surface area contributed by atoms with Crippen LogP contribution < -0.4 is 0 Å². The summed E-state index contributed by atoms with van der Waals surface area (Å²) in [7, 11) is 0. The summed E-state index contributed by atoms with van der Waals surface area (Å²) in [6.45, 7) is 5.41. The van der Waals surface area contributed by atoms with Gasteiger partial charge in [0.25, 0.3) is 6.17 Å². The van der Waals surface area contributed by atoms with Crippen LogP contribution in [-0.2, 0) is 0 Å². The van der Waals surface area contributed by atoms with E-state index in [0.717, 1.165) is 15.4 Å². The average molecular weight is 220 g/mol. The molecule has 16 heavy (non-hydrogen) atoms. The summed E-state index contributed by atoms with van der Waals surface area (Å²) in [6.07, 6.45) is -0.642. The Morgan fingerprint density at radius 2 is 1.88 bits per heavy atom. The van der Waals surface area contributed by atoms with Gasteiger partial charge in [0, 0.05) is 12.5 Å². The molecule has 1 N–H and O–H groups in total. The summed E-state index contributed by atoms with van der Waals surface area (Å²) in [5.41, 5.74) is 0.788. The lowest BCUT2D eigenvalue weighted by atomic mass is 10.0. The summed E-state index contributed by atoms with van der Waals surface area (Å²) in [6, 6.07) is 9.29. The van der Waals surface area contributed by atoms with Crippen molar-refractivity contribution < 1.29 is 9.95 Å². The Hall–Kier alpha value is -1.39. The Labute approximate surface area is 95.0 Å². The van der Waals surface area contributed by atoms with Gasteiger partial charge in [0.05, 0.1) is 0 Å². The molecule has 0 spiro atoms. The largest absolute Gasteiger partial charge is 0.622 e. The molecule has 0 aliphatic carbocycles. The predicted molar refractivity (Wildman–Crippen MR) is 61.2 cm³/mol. The minimum atomic E-state index is -0.642. The number of nitrogens with zero attached hydrogens (tertiary/aromatic N) is 2. The third kappa shape index (κ3) is 1.42. The van der Waals surface area contributed by atoms with E-state index in [9.17, 15) is 10.4 Å². The lowest BCUT2D eigenvalue weighted by Gasteiger charge is -2.25. The van der Waals surface area contributed by atoms with Crippen LogP contribution in [0.15, 0.2) is 30.3 Å². The lowest BCUT2D eigenvalue weighted by molar-refractivity contribution is -0.545. The maximum Gasteiger partial charge on any atom is 0.267 e. The molecule has 0 fully saturated rings. The predicted octanol–water partition coefficient (Wildman–Crippen LogP) is 2.14. The van der Waals surface area contributed by atoms with Crippen molar-refractivity contribution >= 4 is 5.71 Å². The second-order valence-corrected chi connectivity index (χ2v) is 4.60. The van der Waals surface area contributed by atoms with Crippen LogP contribution in [0.3, 0.4) is 0 Å². The summed E-state index contributed by atoms with van der Waals surface area (Å²) >= 11 is 0. The van der Waals surface area contributed by atoms with Gasteiger partial charge in [0.1, 0.15) is 5.54 Å². The van der Waals surface area contributed by atoms with E-state index in [4.69, 9.17) is 0 Å². The van der Waals surface area contributed by atoms with Crippen LogP contribution in [0.1, 0.15) is 32.5 Å². The first-order chi connectivity index (χ1) is 7.46. The van der Waals surface area contributed by atoms with E-state index in [1.165, 1.54) is 0 Å². The Morgan fingerprint density at radius 1 is 1.31 bits per heavy atom. The Kier molecular flexibility index (Phi) is 2.48.